The SMILES string of the molecule is CCn1/c(=N/C(=O)c2cccc(C(=O)OC)c2)[nH]c2ccccc21. The first-order chi connectivity index (χ1) is 11.6. The lowest BCUT2D eigenvalue weighted by atomic mass is 10.1. The Hall–Kier alpha value is -3.15. The zero-order valence-corrected chi connectivity index (χ0v) is 13.4. The maximum absolute atomic E-state index is 12.5. The Morgan fingerprint density at radius 3 is 2.62 bits per heavy atom. The molecule has 6 heteroatoms. The molecule has 0 aliphatic rings. The van der Waals surface area contributed by atoms with E-state index in [4.69, 9.17) is 0 Å². The fraction of sp³-hybridized carbons (Fsp3) is 0.167. The van der Waals surface area contributed by atoms with E-state index < -0.39 is 11.9 Å². The molecule has 0 aliphatic carbocycles. The number of carbonyl (C=O) groups excluding carboxylic acids is 2. The Morgan fingerprint density at radius 1 is 1.12 bits per heavy atom. The third kappa shape index (κ3) is 2.86. The number of hydrogen-bond acceptors (Lipinski definition) is 3. The Balaban J connectivity index is 2.06. The van der Waals surface area contributed by atoms with Crippen LogP contribution in [-0.4, -0.2) is 28.5 Å². The maximum Gasteiger partial charge on any atom is 0.337 e. The van der Waals surface area contributed by atoms with Gasteiger partial charge in [0.05, 0.1) is 23.7 Å². The molecule has 0 saturated heterocycles. The number of methoxy groups -OCH3 is 1. The summed E-state index contributed by atoms with van der Waals surface area (Å²) in [7, 11) is 1.30. The van der Waals surface area contributed by atoms with Gasteiger partial charge in [0.2, 0.25) is 5.62 Å². The van der Waals surface area contributed by atoms with Crippen LogP contribution in [0.2, 0.25) is 0 Å². The van der Waals surface area contributed by atoms with Gasteiger partial charge in [-0.05, 0) is 37.3 Å². The topological polar surface area (TPSA) is 76.4 Å². The summed E-state index contributed by atoms with van der Waals surface area (Å²) in [6, 6.07) is 14.1. The number of para-hydroxylation sites is 2. The molecule has 0 atom stereocenters. The van der Waals surface area contributed by atoms with Gasteiger partial charge in [0.15, 0.2) is 0 Å². The van der Waals surface area contributed by atoms with Crippen molar-refractivity contribution in [3.8, 4) is 0 Å². The van der Waals surface area contributed by atoms with Gasteiger partial charge < -0.3 is 14.3 Å². The van der Waals surface area contributed by atoms with Crippen LogP contribution in [0.5, 0.6) is 0 Å². The summed E-state index contributed by atoms with van der Waals surface area (Å²) < 4.78 is 6.60. The highest BCUT2D eigenvalue weighted by atomic mass is 16.5. The molecule has 0 fully saturated rings. The first-order valence-electron chi connectivity index (χ1n) is 7.59. The standard InChI is InChI=1S/C18H17N3O3/c1-3-21-15-10-5-4-9-14(15)19-18(21)20-16(22)12-7-6-8-13(11-12)17(23)24-2/h4-11H,3H2,1-2H3,(H,19,20,22). The number of nitrogens with zero attached hydrogens (tertiary/aromatic N) is 2. The van der Waals surface area contributed by atoms with Crippen molar-refractivity contribution in [3.63, 3.8) is 0 Å². The summed E-state index contributed by atoms with van der Waals surface area (Å²) in [5, 5.41) is 0. The van der Waals surface area contributed by atoms with E-state index in [1.165, 1.54) is 13.2 Å². The van der Waals surface area contributed by atoms with Crippen molar-refractivity contribution in [2.24, 2.45) is 4.99 Å². The monoisotopic (exact) mass is 323 g/mol. The molecule has 0 radical (unpaired) electrons. The van der Waals surface area contributed by atoms with Crippen LogP contribution < -0.4 is 5.62 Å². The molecule has 2 aromatic carbocycles. The van der Waals surface area contributed by atoms with Gasteiger partial charge in [0, 0.05) is 12.1 Å². The molecule has 122 valence electrons. The highest BCUT2D eigenvalue weighted by molar-refractivity contribution is 5.98. The van der Waals surface area contributed by atoms with Crippen LogP contribution in [0.4, 0.5) is 0 Å². The zero-order chi connectivity index (χ0) is 17.1. The summed E-state index contributed by atoms with van der Waals surface area (Å²) in [6.45, 7) is 2.67. The number of ether oxygens (including phenoxy) is 1. The summed E-state index contributed by atoms with van der Waals surface area (Å²) in [6.07, 6.45) is 0. The first-order valence-corrected chi connectivity index (χ1v) is 7.59. The van der Waals surface area contributed by atoms with Gasteiger partial charge in [-0.2, -0.15) is 4.99 Å². The lowest BCUT2D eigenvalue weighted by Gasteiger charge is -2.01. The van der Waals surface area contributed by atoms with E-state index in [0.717, 1.165) is 11.0 Å². The van der Waals surface area contributed by atoms with Crippen molar-refractivity contribution in [1.82, 2.24) is 9.55 Å². The number of fused-ring (bicyclic) bond motifs is 1. The van der Waals surface area contributed by atoms with E-state index >= 15 is 0 Å². The quantitative estimate of drug-likeness (QED) is 0.752. The van der Waals surface area contributed by atoms with Crippen LogP contribution in [0, 0.1) is 0 Å². The van der Waals surface area contributed by atoms with Crippen molar-refractivity contribution in [3.05, 3.63) is 65.3 Å². The Kier molecular flexibility index (Phi) is 4.29. The number of aryl methyl sites for hydroxylation is 1. The summed E-state index contributed by atoms with van der Waals surface area (Å²) in [5.41, 5.74) is 3.02. The van der Waals surface area contributed by atoms with Crippen LogP contribution in [0.3, 0.4) is 0 Å². The predicted octanol–water partition coefficient (Wildman–Crippen LogP) is 2.52. The average Bonchev–Trinajstić information content (AvgIpc) is 2.98. The van der Waals surface area contributed by atoms with E-state index in [9.17, 15) is 9.59 Å². The van der Waals surface area contributed by atoms with Crippen LogP contribution in [0.1, 0.15) is 27.6 Å². The number of carbonyl (C=O) groups is 2. The van der Waals surface area contributed by atoms with Gasteiger partial charge in [-0.25, -0.2) is 4.79 Å². The number of benzene rings is 2. The van der Waals surface area contributed by atoms with E-state index in [-0.39, 0.29) is 0 Å². The summed E-state index contributed by atoms with van der Waals surface area (Å²) in [4.78, 5) is 31.4. The maximum atomic E-state index is 12.5. The van der Waals surface area contributed by atoms with Crippen molar-refractivity contribution in [2.75, 3.05) is 7.11 Å². The molecule has 1 amide bonds. The number of aromatic nitrogens is 2. The molecule has 1 heterocycles. The van der Waals surface area contributed by atoms with E-state index in [2.05, 4.69) is 14.7 Å². The summed E-state index contributed by atoms with van der Waals surface area (Å²) >= 11 is 0. The van der Waals surface area contributed by atoms with Gasteiger partial charge in [-0.15, -0.1) is 0 Å². The van der Waals surface area contributed by atoms with Crippen molar-refractivity contribution < 1.29 is 14.3 Å². The molecule has 0 unspecified atom stereocenters. The second kappa shape index (κ2) is 6.54. The van der Waals surface area contributed by atoms with Crippen LogP contribution in [-0.2, 0) is 11.3 Å². The van der Waals surface area contributed by atoms with Gasteiger partial charge in [-0.1, -0.05) is 18.2 Å². The second-order valence-electron chi connectivity index (χ2n) is 5.20. The molecule has 0 bridgehead atoms. The van der Waals surface area contributed by atoms with E-state index in [0.29, 0.717) is 23.3 Å². The van der Waals surface area contributed by atoms with Gasteiger partial charge >= 0.3 is 5.97 Å². The minimum absolute atomic E-state index is 0.318. The Labute approximate surface area is 138 Å². The van der Waals surface area contributed by atoms with Crippen molar-refractivity contribution in [1.29, 1.82) is 0 Å². The number of aromatic amines is 1. The van der Waals surface area contributed by atoms with Gasteiger partial charge in [-0.3, -0.25) is 4.79 Å². The number of H-pyrrole nitrogens is 1. The molecule has 24 heavy (non-hydrogen) atoms. The molecule has 0 spiro atoms. The average molecular weight is 323 g/mol. The number of hydrogen-bond donors (Lipinski definition) is 1. The Bertz CT molecular complexity index is 982. The molecule has 0 aliphatic heterocycles. The smallest absolute Gasteiger partial charge is 0.337 e. The fourth-order valence-corrected chi connectivity index (χ4v) is 2.58. The second-order valence-corrected chi connectivity index (χ2v) is 5.20. The minimum atomic E-state index is -0.487. The van der Waals surface area contributed by atoms with Crippen molar-refractivity contribution in [2.45, 2.75) is 13.5 Å². The molecular weight excluding hydrogens is 306 g/mol. The minimum Gasteiger partial charge on any atom is -0.465 e. The largest absolute Gasteiger partial charge is 0.465 e. The van der Waals surface area contributed by atoms with Crippen LogP contribution >= 0.6 is 0 Å². The first kappa shape index (κ1) is 15.7. The summed E-state index contributed by atoms with van der Waals surface area (Å²) in [5.74, 6) is -0.909. The lowest BCUT2D eigenvalue weighted by molar-refractivity contribution is 0.0600. The fourth-order valence-electron chi connectivity index (χ4n) is 2.58. The highest BCUT2D eigenvalue weighted by Crippen LogP contribution is 2.10. The molecule has 1 aromatic heterocycles. The third-order valence-corrected chi connectivity index (χ3v) is 3.75. The molecule has 6 nitrogen and oxygen atoms in total. The van der Waals surface area contributed by atoms with E-state index in [1.807, 2.05) is 35.8 Å². The number of rotatable bonds is 3. The molecule has 0 saturated carbocycles. The van der Waals surface area contributed by atoms with E-state index in [1.54, 1.807) is 18.2 Å². The lowest BCUT2D eigenvalue weighted by Crippen LogP contribution is -2.20. The van der Waals surface area contributed by atoms with Crippen LogP contribution in [0.15, 0.2) is 53.5 Å². The number of amides is 1. The molecule has 3 rings (SSSR count). The van der Waals surface area contributed by atoms with Gasteiger partial charge in [0.1, 0.15) is 0 Å². The number of nitrogens with one attached hydrogen (secondary N) is 1. The molecule has 1 N–H and O–H groups in total. The number of imidazole rings is 1. The van der Waals surface area contributed by atoms with Crippen molar-refractivity contribution >= 4 is 22.9 Å². The normalized spacial score (nSPS) is 11.7. The zero-order valence-electron chi connectivity index (χ0n) is 13.4. The van der Waals surface area contributed by atoms with Gasteiger partial charge in [0.25, 0.3) is 5.91 Å². The third-order valence-electron chi connectivity index (χ3n) is 3.75. The van der Waals surface area contributed by atoms with Crippen LogP contribution in [0.25, 0.3) is 11.0 Å². The highest BCUT2D eigenvalue weighted by Gasteiger charge is 2.11. The predicted molar refractivity (Wildman–Crippen MR) is 89.6 cm³/mol. The molecular formula is C18H17N3O3. The number of esters is 1. The molecule has 3 aromatic rings. The Morgan fingerprint density at radius 2 is 1.88 bits per heavy atom.